The second-order valence-corrected chi connectivity index (χ2v) is 5.14. The van der Waals surface area contributed by atoms with Gasteiger partial charge in [0.05, 0.1) is 20.3 Å². The minimum Gasteiger partial charge on any atom is -0.493 e. The van der Waals surface area contributed by atoms with Gasteiger partial charge in [-0.2, -0.15) is 0 Å². The van der Waals surface area contributed by atoms with E-state index in [0.717, 1.165) is 23.5 Å². The fourth-order valence-electron chi connectivity index (χ4n) is 3.22. The van der Waals surface area contributed by atoms with E-state index in [-0.39, 0.29) is 5.60 Å². The van der Waals surface area contributed by atoms with Gasteiger partial charge in [0.15, 0.2) is 11.5 Å². The SMILES string of the molecule is COc1cccc([C@@]23CCCCC[C@@H]2O3)c1OC. The molecule has 1 aliphatic carbocycles. The maximum Gasteiger partial charge on any atom is 0.166 e. The summed E-state index contributed by atoms with van der Waals surface area (Å²) < 4.78 is 17.0. The molecule has 1 aromatic rings. The largest absolute Gasteiger partial charge is 0.493 e. The fraction of sp³-hybridized carbons (Fsp3) is 0.600. The lowest BCUT2D eigenvalue weighted by atomic mass is 9.90. The van der Waals surface area contributed by atoms with Crippen LogP contribution in [0.1, 0.15) is 37.7 Å². The smallest absolute Gasteiger partial charge is 0.166 e. The Bertz CT molecular complexity index is 443. The summed E-state index contributed by atoms with van der Waals surface area (Å²) in [6, 6.07) is 6.08. The van der Waals surface area contributed by atoms with Crippen LogP contribution in [-0.4, -0.2) is 20.3 Å². The van der Waals surface area contributed by atoms with Crippen molar-refractivity contribution in [3.8, 4) is 11.5 Å². The number of epoxide rings is 1. The van der Waals surface area contributed by atoms with Crippen LogP contribution in [-0.2, 0) is 10.3 Å². The highest BCUT2D eigenvalue weighted by Crippen LogP contribution is 2.57. The van der Waals surface area contributed by atoms with Gasteiger partial charge >= 0.3 is 0 Å². The molecule has 0 radical (unpaired) electrons. The summed E-state index contributed by atoms with van der Waals surface area (Å²) in [6.07, 6.45) is 6.46. The minimum atomic E-state index is -0.101. The summed E-state index contributed by atoms with van der Waals surface area (Å²) in [7, 11) is 3.38. The number of benzene rings is 1. The summed E-state index contributed by atoms with van der Waals surface area (Å²) in [5.41, 5.74) is 1.06. The average molecular weight is 248 g/mol. The third-order valence-electron chi connectivity index (χ3n) is 4.19. The Balaban J connectivity index is 2.01. The van der Waals surface area contributed by atoms with E-state index in [0.29, 0.717) is 6.10 Å². The topological polar surface area (TPSA) is 31.0 Å². The number of hydrogen-bond donors (Lipinski definition) is 0. The highest BCUT2D eigenvalue weighted by Gasteiger charge is 2.58. The minimum absolute atomic E-state index is 0.101. The molecule has 3 nitrogen and oxygen atoms in total. The van der Waals surface area contributed by atoms with E-state index in [1.54, 1.807) is 14.2 Å². The number of methoxy groups -OCH3 is 2. The van der Waals surface area contributed by atoms with Gasteiger partial charge in [0.1, 0.15) is 5.60 Å². The first-order chi connectivity index (χ1) is 8.81. The molecule has 1 aromatic carbocycles. The van der Waals surface area contributed by atoms with Crippen molar-refractivity contribution >= 4 is 0 Å². The molecule has 0 bridgehead atoms. The van der Waals surface area contributed by atoms with Crippen molar-refractivity contribution in [2.75, 3.05) is 14.2 Å². The second kappa shape index (κ2) is 4.47. The van der Waals surface area contributed by atoms with Crippen LogP contribution in [0.15, 0.2) is 18.2 Å². The van der Waals surface area contributed by atoms with Gasteiger partial charge in [0, 0.05) is 5.56 Å². The number of rotatable bonds is 3. The Morgan fingerprint density at radius 1 is 1.17 bits per heavy atom. The Morgan fingerprint density at radius 3 is 2.83 bits per heavy atom. The molecule has 18 heavy (non-hydrogen) atoms. The van der Waals surface area contributed by atoms with Crippen molar-refractivity contribution in [2.45, 2.75) is 43.8 Å². The van der Waals surface area contributed by atoms with Crippen LogP contribution >= 0.6 is 0 Å². The van der Waals surface area contributed by atoms with Gasteiger partial charge in [-0.25, -0.2) is 0 Å². The van der Waals surface area contributed by atoms with Crippen molar-refractivity contribution in [3.05, 3.63) is 23.8 Å². The van der Waals surface area contributed by atoms with Crippen molar-refractivity contribution < 1.29 is 14.2 Å². The van der Waals surface area contributed by atoms with E-state index in [4.69, 9.17) is 14.2 Å². The third-order valence-corrected chi connectivity index (χ3v) is 4.19. The van der Waals surface area contributed by atoms with Gasteiger partial charge in [0.2, 0.25) is 0 Å². The standard InChI is InChI=1S/C15H20O3/c1-16-12-8-6-7-11(14(12)17-2)15-10-5-3-4-9-13(15)18-15/h6-8,13H,3-5,9-10H2,1-2H3/t13-,15-/m0/s1. The molecule has 2 atom stereocenters. The lowest BCUT2D eigenvalue weighted by Crippen LogP contribution is -2.13. The maximum absolute atomic E-state index is 6.04. The van der Waals surface area contributed by atoms with Gasteiger partial charge in [-0.3, -0.25) is 0 Å². The zero-order valence-corrected chi connectivity index (χ0v) is 11.1. The summed E-state index contributed by atoms with van der Waals surface area (Å²) in [5, 5.41) is 0. The molecule has 0 N–H and O–H groups in total. The van der Waals surface area contributed by atoms with E-state index in [1.807, 2.05) is 12.1 Å². The molecule has 0 aromatic heterocycles. The molecule has 1 aliphatic heterocycles. The van der Waals surface area contributed by atoms with Crippen molar-refractivity contribution in [1.82, 2.24) is 0 Å². The predicted octanol–water partition coefficient (Wildman–Crippen LogP) is 3.26. The van der Waals surface area contributed by atoms with Crippen molar-refractivity contribution in [2.24, 2.45) is 0 Å². The summed E-state index contributed by atoms with van der Waals surface area (Å²) in [5.74, 6) is 1.63. The van der Waals surface area contributed by atoms with E-state index >= 15 is 0 Å². The van der Waals surface area contributed by atoms with Gasteiger partial charge in [0.25, 0.3) is 0 Å². The molecule has 0 unspecified atom stereocenters. The number of fused-ring (bicyclic) bond motifs is 1. The molecular formula is C15H20O3. The van der Waals surface area contributed by atoms with Gasteiger partial charge in [-0.15, -0.1) is 0 Å². The number of ether oxygens (including phenoxy) is 3. The molecule has 2 aliphatic rings. The van der Waals surface area contributed by atoms with Crippen LogP contribution in [0, 0.1) is 0 Å². The Morgan fingerprint density at radius 2 is 2.06 bits per heavy atom. The monoisotopic (exact) mass is 248 g/mol. The van der Waals surface area contributed by atoms with Crippen molar-refractivity contribution in [1.29, 1.82) is 0 Å². The van der Waals surface area contributed by atoms with E-state index in [9.17, 15) is 0 Å². The highest BCUT2D eigenvalue weighted by atomic mass is 16.6. The van der Waals surface area contributed by atoms with Gasteiger partial charge in [-0.1, -0.05) is 31.4 Å². The van der Waals surface area contributed by atoms with Crippen molar-refractivity contribution in [3.63, 3.8) is 0 Å². The molecular weight excluding hydrogens is 228 g/mol. The van der Waals surface area contributed by atoms with Crippen LogP contribution in [0.5, 0.6) is 11.5 Å². The van der Waals surface area contributed by atoms with E-state index < -0.39 is 0 Å². The molecule has 0 amide bonds. The lowest BCUT2D eigenvalue weighted by Gasteiger charge is -2.18. The van der Waals surface area contributed by atoms with Crippen LogP contribution in [0.4, 0.5) is 0 Å². The van der Waals surface area contributed by atoms with Crippen LogP contribution in [0.25, 0.3) is 0 Å². The molecule has 2 fully saturated rings. The highest BCUT2D eigenvalue weighted by molar-refractivity contribution is 5.51. The van der Waals surface area contributed by atoms with E-state index in [1.165, 1.54) is 25.7 Å². The molecule has 1 saturated carbocycles. The first-order valence-corrected chi connectivity index (χ1v) is 6.71. The molecule has 0 spiro atoms. The van der Waals surface area contributed by atoms with Crippen LogP contribution < -0.4 is 9.47 Å². The summed E-state index contributed by atoms with van der Waals surface area (Å²) in [6.45, 7) is 0. The third kappa shape index (κ3) is 1.69. The zero-order valence-electron chi connectivity index (χ0n) is 11.1. The first kappa shape index (κ1) is 11.8. The second-order valence-electron chi connectivity index (χ2n) is 5.14. The average Bonchev–Trinajstić information content (AvgIpc) is 3.12. The number of hydrogen-bond acceptors (Lipinski definition) is 3. The lowest BCUT2D eigenvalue weighted by molar-refractivity contribution is 0.256. The quantitative estimate of drug-likeness (QED) is 0.769. The summed E-state index contributed by atoms with van der Waals surface area (Å²) in [4.78, 5) is 0. The summed E-state index contributed by atoms with van der Waals surface area (Å²) >= 11 is 0. The fourth-order valence-corrected chi connectivity index (χ4v) is 3.22. The molecule has 1 saturated heterocycles. The molecule has 3 rings (SSSR count). The predicted molar refractivity (Wildman–Crippen MR) is 69.2 cm³/mol. The number of para-hydroxylation sites is 1. The normalized spacial score (nSPS) is 30.2. The van der Waals surface area contributed by atoms with Crippen LogP contribution in [0.2, 0.25) is 0 Å². The Kier molecular flexibility index (Phi) is 2.94. The van der Waals surface area contributed by atoms with Gasteiger partial charge < -0.3 is 14.2 Å². The van der Waals surface area contributed by atoms with Gasteiger partial charge in [-0.05, 0) is 18.9 Å². The maximum atomic E-state index is 6.04. The molecule has 3 heteroatoms. The zero-order chi connectivity index (χ0) is 12.6. The van der Waals surface area contributed by atoms with Crippen LogP contribution in [0.3, 0.4) is 0 Å². The Hall–Kier alpha value is -1.22. The molecule has 1 heterocycles. The molecule has 98 valence electrons. The first-order valence-electron chi connectivity index (χ1n) is 6.71. The Labute approximate surface area is 108 Å². The van der Waals surface area contributed by atoms with E-state index in [2.05, 4.69) is 6.07 Å².